The third-order valence-electron chi connectivity index (χ3n) is 7.87. The molecule has 11 heteroatoms. The average Bonchev–Trinajstić information content (AvgIpc) is 3.36. The Labute approximate surface area is 266 Å². The number of ether oxygens (including phenoxy) is 3. The number of aromatic nitrogens is 1. The maximum Gasteiger partial charge on any atom is 0.163 e. The molecule has 1 unspecified atom stereocenters. The van der Waals surface area contributed by atoms with Crippen molar-refractivity contribution in [3.8, 4) is 28.5 Å². The zero-order chi connectivity index (χ0) is 33.2. The van der Waals surface area contributed by atoms with Crippen molar-refractivity contribution in [2.24, 2.45) is 0 Å². The maximum absolute atomic E-state index is 13.8. The van der Waals surface area contributed by atoms with Gasteiger partial charge in [0.15, 0.2) is 23.0 Å². The van der Waals surface area contributed by atoms with Gasteiger partial charge in [0.2, 0.25) is 0 Å². The van der Waals surface area contributed by atoms with Crippen molar-refractivity contribution < 1.29 is 37.8 Å². The van der Waals surface area contributed by atoms with Crippen molar-refractivity contribution in [3.05, 3.63) is 71.2 Å². The fraction of sp³-hybridized carbons (Fsp3) is 0.471. The minimum atomic E-state index is -1.55. The highest BCUT2D eigenvalue weighted by Crippen LogP contribution is 2.47. The van der Waals surface area contributed by atoms with Crippen LogP contribution in [-0.4, -0.2) is 56.4 Å². The number of methoxy groups -OCH3 is 1. The van der Waals surface area contributed by atoms with Gasteiger partial charge in [-0.2, -0.15) is 0 Å². The van der Waals surface area contributed by atoms with E-state index in [1.54, 1.807) is 50.2 Å². The minimum absolute atomic E-state index is 0.00358. The number of carbonyl (C=O) groups excluding carboxylic acids is 1. The summed E-state index contributed by atoms with van der Waals surface area (Å²) >= 11 is 0. The van der Waals surface area contributed by atoms with E-state index in [2.05, 4.69) is 4.72 Å². The number of carbonyl (C=O) groups is 1. The van der Waals surface area contributed by atoms with Crippen LogP contribution in [0.1, 0.15) is 82.4 Å². The van der Waals surface area contributed by atoms with Gasteiger partial charge in [-0.15, -0.1) is 0 Å². The molecule has 1 aromatic heterocycles. The normalized spacial score (nSPS) is 18.8. The van der Waals surface area contributed by atoms with E-state index in [0.29, 0.717) is 51.7 Å². The third-order valence-corrected chi connectivity index (χ3v) is 9.56. The summed E-state index contributed by atoms with van der Waals surface area (Å²) in [5.74, 6) is 0.614. The fourth-order valence-corrected chi connectivity index (χ4v) is 5.94. The zero-order valence-electron chi connectivity index (χ0n) is 26.9. The molecule has 0 saturated carbocycles. The van der Waals surface area contributed by atoms with Crippen molar-refractivity contribution in [1.82, 2.24) is 9.71 Å². The first-order valence-corrected chi connectivity index (χ1v) is 16.1. The van der Waals surface area contributed by atoms with E-state index in [1.807, 2.05) is 27.7 Å². The van der Waals surface area contributed by atoms with Crippen LogP contribution in [0.4, 0.5) is 4.39 Å². The standard InChI is InChI=1S/C34H43FN2O7S/c1-8-34(37-45(41)32(3,4)5)20-44-31-25(34)18-29(36-30(31)22-9-12-24(35)13-10-22)33(6,40)16-15-26(39)23-11-14-27(28(17-23)42-7)43-19-21(2)38/h9-14,17-18,21,37-38,40H,8,15-16,19-20H2,1-7H3/t21-,33-,34-,45?/m1/s1. The van der Waals surface area contributed by atoms with Crippen LogP contribution >= 0.6 is 0 Å². The average molecular weight is 643 g/mol. The molecule has 2 heterocycles. The number of ketones is 1. The Balaban J connectivity index is 1.68. The van der Waals surface area contributed by atoms with Gasteiger partial charge in [-0.3, -0.25) is 4.79 Å². The van der Waals surface area contributed by atoms with Crippen molar-refractivity contribution in [2.45, 2.75) is 82.8 Å². The Hall–Kier alpha value is -3.38. The number of benzene rings is 2. The second kappa shape index (κ2) is 13.5. The first-order chi connectivity index (χ1) is 21.1. The van der Waals surface area contributed by atoms with Crippen LogP contribution < -0.4 is 18.9 Å². The van der Waals surface area contributed by atoms with E-state index in [0.717, 1.165) is 0 Å². The van der Waals surface area contributed by atoms with Crippen LogP contribution in [0.2, 0.25) is 0 Å². The largest absolute Gasteiger partial charge is 0.493 e. The van der Waals surface area contributed by atoms with Gasteiger partial charge >= 0.3 is 0 Å². The van der Waals surface area contributed by atoms with Gasteiger partial charge in [0.1, 0.15) is 30.3 Å². The lowest BCUT2D eigenvalue weighted by molar-refractivity contribution is 0.0396. The molecular weight excluding hydrogens is 599 g/mol. The van der Waals surface area contributed by atoms with Gasteiger partial charge in [0.25, 0.3) is 0 Å². The predicted molar refractivity (Wildman–Crippen MR) is 171 cm³/mol. The molecule has 0 saturated heterocycles. The molecule has 3 aromatic rings. The number of hydrogen-bond acceptors (Lipinski definition) is 8. The summed E-state index contributed by atoms with van der Waals surface area (Å²) in [6, 6.07) is 12.4. The Morgan fingerprint density at radius 2 is 1.84 bits per heavy atom. The highest BCUT2D eigenvalue weighted by atomic mass is 32.2. The predicted octanol–water partition coefficient (Wildman–Crippen LogP) is 5.58. The molecule has 0 aliphatic carbocycles. The third kappa shape index (κ3) is 7.71. The van der Waals surface area contributed by atoms with Crippen molar-refractivity contribution in [3.63, 3.8) is 0 Å². The molecule has 0 amide bonds. The molecule has 244 valence electrons. The topological polar surface area (TPSA) is 127 Å². The highest BCUT2D eigenvalue weighted by molar-refractivity contribution is 7.84. The lowest BCUT2D eigenvalue weighted by Crippen LogP contribution is -2.49. The first kappa shape index (κ1) is 34.5. The molecule has 0 fully saturated rings. The molecule has 9 nitrogen and oxygen atoms in total. The summed E-state index contributed by atoms with van der Waals surface area (Å²) in [5, 5.41) is 21.3. The van der Waals surface area contributed by atoms with E-state index in [9.17, 15) is 23.6 Å². The number of nitrogens with zero attached hydrogens (tertiary/aromatic N) is 1. The Kier molecular flexibility index (Phi) is 10.4. The summed E-state index contributed by atoms with van der Waals surface area (Å²) in [7, 11) is 0.0324. The number of aliphatic hydroxyl groups excluding tert-OH is 1. The van der Waals surface area contributed by atoms with E-state index < -0.39 is 38.8 Å². The molecule has 2 aromatic carbocycles. The number of hydrogen-bond donors (Lipinski definition) is 3. The lowest BCUT2D eigenvalue weighted by atomic mass is 9.86. The fourth-order valence-electron chi connectivity index (χ4n) is 4.97. The number of pyridine rings is 1. The van der Waals surface area contributed by atoms with E-state index in [1.165, 1.54) is 19.2 Å². The Bertz CT molecular complexity index is 1550. The molecule has 45 heavy (non-hydrogen) atoms. The molecule has 1 aliphatic rings. The van der Waals surface area contributed by atoms with Gasteiger partial charge in [0.05, 0.1) is 40.2 Å². The molecule has 0 bridgehead atoms. The molecule has 4 rings (SSSR count). The Morgan fingerprint density at radius 3 is 2.44 bits per heavy atom. The monoisotopic (exact) mass is 642 g/mol. The molecule has 0 radical (unpaired) electrons. The summed E-state index contributed by atoms with van der Waals surface area (Å²) in [4.78, 5) is 18.1. The molecule has 1 aliphatic heterocycles. The van der Waals surface area contributed by atoms with Crippen LogP contribution in [0.5, 0.6) is 17.2 Å². The summed E-state index contributed by atoms with van der Waals surface area (Å²) in [6.07, 6.45) is -0.0889. The van der Waals surface area contributed by atoms with Crippen molar-refractivity contribution in [2.75, 3.05) is 20.3 Å². The van der Waals surface area contributed by atoms with Crippen LogP contribution in [0.3, 0.4) is 0 Å². The molecule has 4 atom stereocenters. The maximum atomic E-state index is 13.8. The zero-order valence-corrected chi connectivity index (χ0v) is 27.7. The number of Topliss-reactive ketones (excluding diaryl/α,β-unsaturated/α-hetero) is 1. The van der Waals surface area contributed by atoms with Crippen molar-refractivity contribution in [1.29, 1.82) is 0 Å². The Morgan fingerprint density at radius 1 is 1.16 bits per heavy atom. The van der Waals surface area contributed by atoms with E-state index >= 15 is 0 Å². The number of rotatable bonds is 13. The number of fused-ring (bicyclic) bond motifs is 1. The quantitative estimate of drug-likeness (QED) is 0.207. The summed E-state index contributed by atoms with van der Waals surface area (Å²) in [6.45, 7) is 11.1. The molecular formula is C34H43FN2O7S. The van der Waals surface area contributed by atoms with Crippen LogP contribution in [0.15, 0.2) is 48.5 Å². The SMILES string of the molecule is CC[C@@]1(NS(=O)C(C)(C)C)COc2c1cc([C@](C)(O)CCC(=O)c1ccc(OC[C@@H](C)O)c(OC)c1)nc2-c1ccc(F)cc1. The second-order valence-corrected chi connectivity index (χ2v) is 14.6. The smallest absolute Gasteiger partial charge is 0.163 e. The first-order valence-electron chi connectivity index (χ1n) is 15.0. The van der Waals surface area contributed by atoms with Gasteiger partial charge in [-0.05, 0) is 96.0 Å². The van der Waals surface area contributed by atoms with Crippen molar-refractivity contribution >= 4 is 16.8 Å². The van der Waals surface area contributed by atoms with E-state index in [4.69, 9.17) is 19.2 Å². The minimum Gasteiger partial charge on any atom is -0.493 e. The number of halogens is 1. The van der Waals surface area contributed by atoms with Crippen LogP contribution in [-0.2, 0) is 22.1 Å². The summed E-state index contributed by atoms with van der Waals surface area (Å²) < 4.78 is 47.0. The second-order valence-electron chi connectivity index (χ2n) is 12.7. The highest BCUT2D eigenvalue weighted by Gasteiger charge is 2.45. The molecule has 0 spiro atoms. The van der Waals surface area contributed by atoms with Crippen LogP contribution in [0, 0.1) is 5.82 Å². The van der Waals surface area contributed by atoms with Crippen LogP contribution in [0.25, 0.3) is 11.3 Å². The van der Waals surface area contributed by atoms with Gasteiger partial charge < -0.3 is 24.4 Å². The number of aliphatic hydroxyl groups is 2. The van der Waals surface area contributed by atoms with Gasteiger partial charge in [-0.1, -0.05) is 6.92 Å². The summed E-state index contributed by atoms with van der Waals surface area (Å²) in [5.41, 5.74) is 0.0130. The van der Waals surface area contributed by atoms with Gasteiger partial charge in [-0.25, -0.2) is 18.3 Å². The van der Waals surface area contributed by atoms with E-state index in [-0.39, 0.29) is 31.8 Å². The van der Waals surface area contributed by atoms with Gasteiger partial charge in [0, 0.05) is 23.1 Å². The molecule has 3 N–H and O–H groups in total. The lowest BCUT2D eigenvalue weighted by Gasteiger charge is -2.32. The number of nitrogens with one attached hydrogen (secondary N) is 1.